The van der Waals surface area contributed by atoms with E-state index in [1.807, 2.05) is 13.8 Å². The van der Waals surface area contributed by atoms with E-state index in [9.17, 15) is 9.59 Å². The molecule has 0 spiro atoms. The maximum absolute atomic E-state index is 12.2. The van der Waals surface area contributed by atoms with E-state index in [1.54, 1.807) is 0 Å². The Balaban J connectivity index is 3.03. The first-order valence-corrected chi connectivity index (χ1v) is 12.7. The summed E-state index contributed by atoms with van der Waals surface area (Å²) in [7, 11) is -2.06. The van der Waals surface area contributed by atoms with Crippen molar-refractivity contribution in [3.63, 3.8) is 0 Å². The number of aldehydes is 1. The second-order valence-electron chi connectivity index (χ2n) is 8.99. The molecule has 0 bridgehead atoms. The number of hydrogen-bond acceptors (Lipinski definition) is 4. The van der Waals surface area contributed by atoms with E-state index in [1.165, 1.54) is 0 Å². The highest BCUT2D eigenvalue weighted by Gasteiger charge is 2.44. The summed E-state index contributed by atoms with van der Waals surface area (Å²) in [5.41, 5.74) is 1.65. The molecule has 0 N–H and O–H groups in total. The minimum Gasteiger partial charge on any atom is -0.466 e. The summed E-state index contributed by atoms with van der Waals surface area (Å²) in [6.07, 6.45) is 3.11. The molecule has 1 aromatic carbocycles. The smallest absolute Gasteiger partial charge is 0.308 e. The molecule has 1 atom stereocenters. The van der Waals surface area contributed by atoms with Crippen LogP contribution in [-0.2, 0) is 31.6 Å². The number of esters is 1. The van der Waals surface area contributed by atoms with Gasteiger partial charge in [-0.15, -0.1) is 0 Å². The molecule has 4 nitrogen and oxygen atoms in total. The van der Waals surface area contributed by atoms with Crippen LogP contribution in [0.3, 0.4) is 0 Å². The molecule has 0 saturated heterocycles. The largest absolute Gasteiger partial charge is 0.466 e. The van der Waals surface area contributed by atoms with Gasteiger partial charge in [0.2, 0.25) is 0 Å². The fraction of sp³-hybridized carbons (Fsp3) is 0.636. The summed E-state index contributed by atoms with van der Waals surface area (Å²) in [4.78, 5) is 22.8. The summed E-state index contributed by atoms with van der Waals surface area (Å²) in [5, 5.41) is 0.0572. The minimum atomic E-state index is -2.06. The summed E-state index contributed by atoms with van der Waals surface area (Å²) >= 11 is 0. The number of aryl methyl sites for hydroxylation is 1. The fourth-order valence-corrected chi connectivity index (χ4v) is 4.58. The van der Waals surface area contributed by atoms with Crippen molar-refractivity contribution < 1.29 is 18.8 Å². The Hall–Kier alpha value is -1.46. The molecule has 1 unspecified atom stereocenters. The van der Waals surface area contributed by atoms with Crippen LogP contribution < -0.4 is 0 Å². The quantitative estimate of drug-likeness (QED) is 0.316. The highest BCUT2D eigenvalue weighted by molar-refractivity contribution is 6.74. The molecule has 0 aliphatic heterocycles. The Morgan fingerprint density at radius 2 is 1.63 bits per heavy atom. The van der Waals surface area contributed by atoms with Crippen LogP contribution in [0.4, 0.5) is 0 Å². The van der Waals surface area contributed by atoms with Crippen LogP contribution >= 0.6 is 0 Å². The van der Waals surface area contributed by atoms with Crippen LogP contribution in [0.25, 0.3) is 0 Å². The van der Waals surface area contributed by atoms with E-state index in [0.717, 1.165) is 23.8 Å². The second kappa shape index (κ2) is 9.65. The zero-order valence-corrected chi connectivity index (χ0v) is 19.1. The molecule has 0 aromatic heterocycles. The molecule has 0 aliphatic rings. The molecule has 27 heavy (non-hydrogen) atoms. The third-order valence-corrected chi connectivity index (χ3v) is 9.90. The number of benzene rings is 1. The molecule has 0 radical (unpaired) electrons. The van der Waals surface area contributed by atoms with Crippen molar-refractivity contribution in [2.24, 2.45) is 0 Å². The Morgan fingerprint density at radius 3 is 2.11 bits per heavy atom. The van der Waals surface area contributed by atoms with Crippen molar-refractivity contribution in [1.29, 1.82) is 0 Å². The van der Waals surface area contributed by atoms with Gasteiger partial charge in [-0.2, -0.15) is 0 Å². The lowest BCUT2D eigenvalue weighted by molar-refractivity contribution is -0.147. The first-order valence-electron chi connectivity index (χ1n) is 9.80. The summed E-state index contributed by atoms with van der Waals surface area (Å²) in [6, 6.07) is 8.24. The molecule has 152 valence electrons. The topological polar surface area (TPSA) is 52.6 Å². The molecule has 0 aliphatic carbocycles. The van der Waals surface area contributed by atoms with Gasteiger partial charge in [0.25, 0.3) is 0 Å². The predicted octanol–water partition coefficient (Wildman–Crippen LogP) is 5.09. The predicted molar refractivity (Wildman–Crippen MR) is 112 cm³/mol. The number of hydrogen-bond donors (Lipinski definition) is 0. The van der Waals surface area contributed by atoms with Crippen molar-refractivity contribution in [3.8, 4) is 0 Å². The first-order chi connectivity index (χ1) is 12.4. The maximum Gasteiger partial charge on any atom is 0.308 e. The molecule has 0 heterocycles. The number of rotatable bonds is 10. The van der Waals surface area contributed by atoms with Crippen LogP contribution in [0.5, 0.6) is 0 Å². The summed E-state index contributed by atoms with van der Waals surface area (Å²) in [6.45, 7) is 15.2. The van der Waals surface area contributed by atoms with E-state index in [4.69, 9.17) is 9.16 Å². The Morgan fingerprint density at radius 1 is 1.07 bits per heavy atom. The zero-order valence-electron chi connectivity index (χ0n) is 18.1. The molecular weight excluding hydrogens is 356 g/mol. The Kier molecular flexibility index (Phi) is 8.42. The molecule has 0 amide bonds. The van der Waals surface area contributed by atoms with Crippen molar-refractivity contribution in [2.75, 3.05) is 6.61 Å². The lowest BCUT2D eigenvalue weighted by Crippen LogP contribution is -2.50. The lowest BCUT2D eigenvalue weighted by Gasteiger charge is -2.44. The third kappa shape index (κ3) is 7.58. The van der Waals surface area contributed by atoms with Crippen LogP contribution in [0.15, 0.2) is 24.3 Å². The normalized spacial score (nSPS) is 14.5. The van der Waals surface area contributed by atoms with Gasteiger partial charge >= 0.3 is 5.97 Å². The minimum absolute atomic E-state index is 0.0572. The van der Waals surface area contributed by atoms with Crippen LogP contribution in [0, 0.1) is 0 Å². The van der Waals surface area contributed by atoms with Gasteiger partial charge in [-0.05, 0) is 49.5 Å². The molecule has 1 aromatic rings. The number of carbonyl (C=O) groups excluding carboxylic acids is 2. The van der Waals surface area contributed by atoms with E-state index < -0.39 is 13.9 Å². The number of ether oxygens (including phenoxy) is 1. The summed E-state index contributed by atoms with van der Waals surface area (Å²) in [5.74, 6) is -0.221. The van der Waals surface area contributed by atoms with E-state index in [-0.39, 0.29) is 17.4 Å². The monoisotopic (exact) mass is 392 g/mol. The van der Waals surface area contributed by atoms with E-state index in [0.29, 0.717) is 19.4 Å². The van der Waals surface area contributed by atoms with Crippen LogP contribution in [0.1, 0.15) is 58.6 Å². The lowest BCUT2D eigenvalue weighted by atomic mass is 9.92. The molecule has 0 saturated carbocycles. The molecule has 1 rings (SSSR count). The highest BCUT2D eigenvalue weighted by Crippen LogP contribution is 2.40. The standard InChI is InChI=1S/C22H36O4Si/c1-8-25-20(24)17-22(5,26-27(6,7)21(2,3)4)16-19-13-11-18(12-14-19)10-9-15-23/h11-15H,8-10,16-17H2,1-7H3. The average Bonchev–Trinajstić information content (AvgIpc) is 2.52. The van der Waals surface area contributed by atoms with Crippen molar-refractivity contribution in [1.82, 2.24) is 0 Å². The van der Waals surface area contributed by atoms with Crippen molar-refractivity contribution >= 4 is 20.6 Å². The van der Waals surface area contributed by atoms with Gasteiger partial charge in [0.1, 0.15) is 6.29 Å². The van der Waals surface area contributed by atoms with Crippen LogP contribution in [0.2, 0.25) is 18.1 Å². The second-order valence-corrected chi connectivity index (χ2v) is 13.7. The molecule has 0 fully saturated rings. The van der Waals surface area contributed by atoms with Crippen molar-refractivity contribution in [2.45, 2.75) is 84.0 Å². The van der Waals surface area contributed by atoms with Gasteiger partial charge in [-0.1, -0.05) is 45.0 Å². The van der Waals surface area contributed by atoms with Gasteiger partial charge < -0.3 is 14.0 Å². The summed E-state index contributed by atoms with van der Waals surface area (Å²) < 4.78 is 11.9. The third-order valence-electron chi connectivity index (χ3n) is 5.28. The zero-order chi connectivity index (χ0) is 20.7. The Bertz CT molecular complexity index is 616. The van der Waals surface area contributed by atoms with E-state index >= 15 is 0 Å². The first kappa shape index (κ1) is 23.6. The fourth-order valence-electron chi connectivity index (χ4n) is 2.90. The van der Waals surface area contributed by atoms with Gasteiger partial charge in [-0.3, -0.25) is 4.79 Å². The SMILES string of the molecule is CCOC(=O)CC(C)(Cc1ccc(CCC=O)cc1)O[Si](C)(C)C(C)(C)C. The van der Waals surface area contributed by atoms with Gasteiger partial charge in [0.05, 0.1) is 18.6 Å². The molecular formula is C22H36O4Si. The van der Waals surface area contributed by atoms with Crippen molar-refractivity contribution in [3.05, 3.63) is 35.4 Å². The van der Waals surface area contributed by atoms with Gasteiger partial charge in [0.15, 0.2) is 8.32 Å². The average molecular weight is 393 g/mol. The van der Waals surface area contributed by atoms with Gasteiger partial charge in [0, 0.05) is 12.8 Å². The van der Waals surface area contributed by atoms with E-state index in [2.05, 4.69) is 58.1 Å². The number of carbonyl (C=O) groups is 2. The maximum atomic E-state index is 12.2. The van der Waals surface area contributed by atoms with Gasteiger partial charge in [-0.25, -0.2) is 0 Å². The molecule has 5 heteroatoms. The highest BCUT2D eigenvalue weighted by atomic mass is 28.4. The van der Waals surface area contributed by atoms with Crippen LogP contribution in [-0.4, -0.2) is 32.8 Å². The Labute approximate surface area is 165 Å².